The molecule has 1 amide bonds. The largest absolute Gasteiger partial charge is 0.481 e. The highest BCUT2D eigenvalue weighted by Gasteiger charge is 2.88. The highest BCUT2D eigenvalue weighted by molar-refractivity contribution is 5.71. The maximum Gasteiger partial charge on any atom is 0.460 e. The lowest BCUT2D eigenvalue weighted by Gasteiger charge is -2.39. The molecular formula is C16H12F11NO4. The van der Waals surface area contributed by atoms with Gasteiger partial charge in [-0.3, -0.25) is 4.79 Å². The van der Waals surface area contributed by atoms with Gasteiger partial charge in [-0.1, -0.05) is 30.3 Å². The number of hydrogen-bond acceptors (Lipinski definition) is 3. The van der Waals surface area contributed by atoms with Gasteiger partial charge >= 0.3 is 41.9 Å². The fourth-order valence-electron chi connectivity index (χ4n) is 2.15. The van der Waals surface area contributed by atoms with Gasteiger partial charge in [-0.25, -0.2) is 4.79 Å². The smallest absolute Gasteiger partial charge is 0.460 e. The first-order chi connectivity index (χ1) is 14.3. The van der Waals surface area contributed by atoms with E-state index in [2.05, 4.69) is 4.74 Å². The maximum atomic E-state index is 14.1. The number of alkyl carbamates (subject to hydrolysis) is 1. The molecule has 1 unspecified atom stereocenters. The molecule has 182 valence electrons. The fraction of sp³-hybridized carbons (Fsp3) is 0.500. The van der Waals surface area contributed by atoms with E-state index in [1.165, 1.54) is 30.3 Å². The van der Waals surface area contributed by atoms with Crippen molar-refractivity contribution >= 4 is 12.1 Å². The number of carboxylic acids is 1. The Morgan fingerprint density at radius 2 is 1.34 bits per heavy atom. The third-order valence-electron chi connectivity index (χ3n) is 3.88. The second kappa shape index (κ2) is 8.97. The van der Waals surface area contributed by atoms with Crippen LogP contribution in [0.3, 0.4) is 0 Å². The van der Waals surface area contributed by atoms with Crippen LogP contribution >= 0.6 is 0 Å². The van der Waals surface area contributed by atoms with Gasteiger partial charge in [-0.15, -0.1) is 0 Å². The highest BCUT2D eigenvalue weighted by atomic mass is 19.4. The predicted molar refractivity (Wildman–Crippen MR) is 81.6 cm³/mol. The van der Waals surface area contributed by atoms with Gasteiger partial charge in [0, 0.05) is 0 Å². The number of benzene rings is 1. The normalized spacial score (nSPS) is 14.6. The van der Waals surface area contributed by atoms with Crippen molar-refractivity contribution in [3.05, 3.63) is 35.9 Å². The Kier molecular flexibility index (Phi) is 7.63. The maximum absolute atomic E-state index is 14.1. The van der Waals surface area contributed by atoms with Crippen LogP contribution in [0.2, 0.25) is 0 Å². The summed E-state index contributed by atoms with van der Waals surface area (Å²) in [6.07, 6.45) is -11.7. The summed E-state index contributed by atoms with van der Waals surface area (Å²) in [6, 6.07) is 3.12. The van der Waals surface area contributed by atoms with Crippen LogP contribution in [-0.4, -0.2) is 53.1 Å². The van der Waals surface area contributed by atoms with Crippen molar-refractivity contribution in [1.82, 2.24) is 5.32 Å². The summed E-state index contributed by atoms with van der Waals surface area (Å²) >= 11 is 0. The molecule has 32 heavy (non-hydrogen) atoms. The molecule has 16 heteroatoms. The zero-order valence-electron chi connectivity index (χ0n) is 15.2. The van der Waals surface area contributed by atoms with Crippen molar-refractivity contribution < 1.29 is 67.7 Å². The average molecular weight is 491 g/mol. The number of amides is 1. The van der Waals surface area contributed by atoms with Crippen LogP contribution in [0, 0.1) is 0 Å². The summed E-state index contributed by atoms with van der Waals surface area (Å²) in [5.41, 5.74) is 0.200. The Hall–Kier alpha value is -2.81. The number of carbonyl (C=O) groups is 2. The van der Waals surface area contributed by atoms with E-state index in [1.54, 1.807) is 0 Å². The molecule has 5 nitrogen and oxygen atoms in total. The summed E-state index contributed by atoms with van der Waals surface area (Å²) in [4.78, 5) is 22.2. The van der Waals surface area contributed by atoms with Crippen molar-refractivity contribution in [2.24, 2.45) is 0 Å². The van der Waals surface area contributed by atoms with E-state index in [4.69, 9.17) is 5.11 Å². The van der Waals surface area contributed by atoms with Crippen LogP contribution in [-0.2, 0) is 16.1 Å². The lowest BCUT2D eigenvalue weighted by atomic mass is 9.92. The van der Waals surface area contributed by atoms with E-state index >= 15 is 0 Å². The standard InChI is InChI=1S/C16H12F11NO4/c17-12(18,13(19,20)14(21,22)15(23,24)16(25,26)27)9(6-10(29)30)28-11(31)32-7-8-4-2-1-3-5-8/h1-5,9H,6-7H2,(H,28,31)(H,29,30). The van der Waals surface area contributed by atoms with Crippen LogP contribution in [0.5, 0.6) is 0 Å². The molecule has 0 fully saturated rings. The summed E-state index contributed by atoms with van der Waals surface area (Å²) in [5.74, 6) is -31.9. The summed E-state index contributed by atoms with van der Waals surface area (Å²) in [6.45, 7) is -0.712. The molecule has 0 saturated heterocycles. The molecule has 2 N–H and O–H groups in total. The molecule has 0 aliphatic rings. The van der Waals surface area contributed by atoms with Gasteiger partial charge < -0.3 is 15.2 Å². The van der Waals surface area contributed by atoms with Crippen LogP contribution in [0.25, 0.3) is 0 Å². The van der Waals surface area contributed by atoms with E-state index in [9.17, 15) is 57.9 Å². The number of nitrogens with one attached hydrogen (secondary N) is 1. The van der Waals surface area contributed by atoms with Crippen molar-refractivity contribution in [3.63, 3.8) is 0 Å². The molecule has 1 rings (SSSR count). The fourth-order valence-corrected chi connectivity index (χ4v) is 2.15. The third kappa shape index (κ3) is 5.15. The SMILES string of the molecule is O=C(O)CC(NC(=O)OCc1ccccc1)C(F)(F)C(F)(F)C(F)(F)C(F)(F)C(F)(F)F. The average Bonchev–Trinajstić information content (AvgIpc) is 2.65. The molecule has 0 heterocycles. The minimum atomic E-state index is -7.74. The number of aliphatic carboxylic acids is 1. The first-order valence-electron chi connectivity index (χ1n) is 8.06. The number of halogens is 11. The second-order valence-electron chi connectivity index (χ2n) is 6.20. The second-order valence-corrected chi connectivity index (χ2v) is 6.20. The molecule has 0 spiro atoms. The van der Waals surface area contributed by atoms with Crippen LogP contribution in [0.15, 0.2) is 30.3 Å². The van der Waals surface area contributed by atoms with E-state index in [-0.39, 0.29) is 5.56 Å². The molecule has 1 aromatic carbocycles. The first kappa shape index (κ1) is 27.2. The number of carboxylic acid groups (broad SMARTS) is 1. The Bertz CT molecular complexity index is 812. The third-order valence-corrected chi connectivity index (χ3v) is 3.88. The van der Waals surface area contributed by atoms with E-state index in [1.807, 2.05) is 0 Å². The zero-order valence-corrected chi connectivity index (χ0v) is 15.2. The molecular weight excluding hydrogens is 479 g/mol. The van der Waals surface area contributed by atoms with E-state index < -0.39 is 61.0 Å². The molecule has 0 aliphatic carbocycles. The van der Waals surface area contributed by atoms with Crippen molar-refractivity contribution in [2.75, 3.05) is 0 Å². The van der Waals surface area contributed by atoms with Gasteiger partial charge in [0.15, 0.2) is 0 Å². The number of hydrogen-bond donors (Lipinski definition) is 2. The Labute approximate surface area is 171 Å². The summed E-state index contributed by atoms with van der Waals surface area (Å²) < 4.78 is 149. The Morgan fingerprint density at radius 1 is 0.844 bits per heavy atom. The number of rotatable bonds is 9. The summed E-state index contributed by atoms with van der Waals surface area (Å²) in [7, 11) is 0. The molecule has 1 aromatic rings. The Balaban J connectivity index is 3.22. The van der Waals surface area contributed by atoms with Gasteiger partial charge in [0.25, 0.3) is 0 Å². The molecule has 0 bridgehead atoms. The lowest BCUT2D eigenvalue weighted by Crippen LogP contribution is -2.70. The minimum absolute atomic E-state index is 0.200. The number of ether oxygens (including phenoxy) is 1. The van der Waals surface area contributed by atoms with Crippen LogP contribution in [0.4, 0.5) is 53.1 Å². The van der Waals surface area contributed by atoms with Gasteiger partial charge in [0.2, 0.25) is 0 Å². The quantitative estimate of drug-likeness (QED) is 0.484. The minimum Gasteiger partial charge on any atom is -0.481 e. The molecule has 0 aromatic heterocycles. The van der Waals surface area contributed by atoms with E-state index in [0.29, 0.717) is 0 Å². The lowest BCUT2D eigenvalue weighted by molar-refractivity contribution is -0.424. The highest BCUT2D eigenvalue weighted by Crippen LogP contribution is 2.58. The molecule has 0 aliphatic heterocycles. The Morgan fingerprint density at radius 3 is 1.78 bits per heavy atom. The van der Waals surface area contributed by atoms with Crippen LogP contribution in [0.1, 0.15) is 12.0 Å². The van der Waals surface area contributed by atoms with E-state index in [0.717, 1.165) is 5.32 Å². The van der Waals surface area contributed by atoms with Crippen molar-refractivity contribution in [1.29, 1.82) is 0 Å². The number of alkyl halides is 11. The molecule has 0 radical (unpaired) electrons. The molecule has 1 atom stereocenters. The van der Waals surface area contributed by atoms with Gasteiger partial charge in [0.1, 0.15) is 12.6 Å². The zero-order chi connectivity index (χ0) is 25.2. The predicted octanol–water partition coefficient (Wildman–Crippen LogP) is 4.86. The summed E-state index contributed by atoms with van der Waals surface area (Å²) in [5, 5.41) is 9.34. The van der Waals surface area contributed by atoms with Crippen molar-refractivity contribution in [2.45, 2.75) is 48.9 Å². The monoisotopic (exact) mass is 491 g/mol. The first-order valence-corrected chi connectivity index (χ1v) is 8.06. The van der Waals surface area contributed by atoms with Gasteiger partial charge in [-0.05, 0) is 5.56 Å². The van der Waals surface area contributed by atoms with Gasteiger partial charge in [0.05, 0.1) is 6.42 Å². The van der Waals surface area contributed by atoms with Crippen molar-refractivity contribution in [3.8, 4) is 0 Å². The molecule has 0 saturated carbocycles. The topological polar surface area (TPSA) is 75.6 Å². The number of carbonyl (C=O) groups excluding carboxylic acids is 1. The van der Waals surface area contributed by atoms with Gasteiger partial charge in [-0.2, -0.15) is 48.3 Å². The van der Waals surface area contributed by atoms with Crippen LogP contribution < -0.4 is 5.32 Å².